The van der Waals surface area contributed by atoms with Crippen LogP contribution in [0.5, 0.6) is 0 Å². The van der Waals surface area contributed by atoms with Gasteiger partial charge in [0.1, 0.15) is 18.0 Å². The summed E-state index contributed by atoms with van der Waals surface area (Å²) < 4.78 is 5.38. The molecule has 2 heterocycles. The quantitative estimate of drug-likeness (QED) is 0.344. The molecular weight excluding hydrogens is 374 g/mol. The van der Waals surface area contributed by atoms with E-state index in [2.05, 4.69) is 5.32 Å². The van der Waals surface area contributed by atoms with Crippen molar-refractivity contribution in [3.63, 3.8) is 0 Å². The van der Waals surface area contributed by atoms with Crippen LogP contribution in [0.3, 0.4) is 0 Å². The highest BCUT2D eigenvalue weighted by molar-refractivity contribution is 8.00. The van der Waals surface area contributed by atoms with Gasteiger partial charge >= 0.3 is 5.97 Å². The summed E-state index contributed by atoms with van der Waals surface area (Å²) in [6.07, 6.45) is 0. The van der Waals surface area contributed by atoms with Crippen molar-refractivity contribution >= 4 is 35.2 Å². The first-order valence-corrected chi connectivity index (χ1v) is 9.36. The molecule has 144 valence electrons. The Morgan fingerprint density at radius 2 is 2.07 bits per heavy atom. The normalized spacial score (nSPS) is 26.6. The summed E-state index contributed by atoms with van der Waals surface area (Å²) in [6, 6.07) is 5.25. The number of hydrogen-bond acceptors (Lipinski definition) is 7. The number of non-ortho nitro benzene ring substituents is 1. The van der Waals surface area contributed by atoms with Gasteiger partial charge < -0.3 is 15.0 Å². The largest absolute Gasteiger partial charge is 0.460 e. The number of nitro groups is 1. The number of fused-ring (bicyclic) bond motifs is 1. The van der Waals surface area contributed by atoms with Gasteiger partial charge in [-0.3, -0.25) is 24.5 Å². The molecule has 1 aromatic rings. The van der Waals surface area contributed by atoms with E-state index < -0.39 is 22.3 Å². The summed E-state index contributed by atoms with van der Waals surface area (Å²) in [5, 5.41) is 13.1. The maximum absolute atomic E-state index is 12.6. The Hall–Kier alpha value is -2.62. The molecule has 27 heavy (non-hydrogen) atoms. The van der Waals surface area contributed by atoms with Gasteiger partial charge in [-0.2, -0.15) is 0 Å². The number of rotatable bonds is 5. The van der Waals surface area contributed by atoms with E-state index in [-0.39, 0.29) is 36.0 Å². The van der Waals surface area contributed by atoms with Crippen molar-refractivity contribution < 1.29 is 24.0 Å². The van der Waals surface area contributed by atoms with Gasteiger partial charge in [0.15, 0.2) is 0 Å². The van der Waals surface area contributed by atoms with Crippen LogP contribution in [0, 0.1) is 15.5 Å². The fourth-order valence-corrected chi connectivity index (χ4v) is 4.56. The van der Waals surface area contributed by atoms with Gasteiger partial charge in [-0.1, -0.05) is 0 Å². The predicted molar refractivity (Wildman–Crippen MR) is 96.6 cm³/mol. The van der Waals surface area contributed by atoms with Gasteiger partial charge in [-0.25, -0.2) is 0 Å². The zero-order chi connectivity index (χ0) is 19.8. The maximum atomic E-state index is 12.6. The van der Waals surface area contributed by atoms with Gasteiger partial charge in [-0.15, -0.1) is 11.8 Å². The van der Waals surface area contributed by atoms with E-state index in [4.69, 9.17) is 4.74 Å². The Labute approximate surface area is 159 Å². The fourth-order valence-electron chi connectivity index (χ4n) is 3.08. The molecule has 9 nitrogen and oxygen atoms in total. The Kier molecular flexibility index (Phi) is 5.09. The second kappa shape index (κ2) is 7.18. The van der Waals surface area contributed by atoms with E-state index >= 15 is 0 Å². The van der Waals surface area contributed by atoms with E-state index in [9.17, 15) is 24.5 Å². The molecule has 2 unspecified atom stereocenters. The maximum Gasteiger partial charge on any atom is 0.314 e. The van der Waals surface area contributed by atoms with Crippen LogP contribution in [0.2, 0.25) is 0 Å². The van der Waals surface area contributed by atoms with Crippen molar-refractivity contribution in [1.82, 2.24) is 10.2 Å². The van der Waals surface area contributed by atoms with Gasteiger partial charge in [0, 0.05) is 31.4 Å². The number of thioether (sulfide) groups is 1. The third kappa shape index (κ3) is 3.75. The first-order chi connectivity index (χ1) is 12.7. The lowest BCUT2D eigenvalue weighted by molar-refractivity contribution is -0.384. The number of nitrogens with zero attached hydrogens (tertiary/aromatic N) is 2. The van der Waals surface area contributed by atoms with Crippen LogP contribution in [0.4, 0.5) is 5.69 Å². The minimum Gasteiger partial charge on any atom is -0.460 e. The summed E-state index contributed by atoms with van der Waals surface area (Å²) >= 11 is 1.44. The smallest absolute Gasteiger partial charge is 0.314 e. The highest BCUT2D eigenvalue weighted by Gasteiger charge is 2.56. The number of ether oxygens (including phenoxy) is 1. The molecule has 0 radical (unpaired) electrons. The molecule has 3 rings (SSSR count). The average molecular weight is 393 g/mol. The third-order valence-electron chi connectivity index (χ3n) is 4.60. The van der Waals surface area contributed by atoms with Crippen molar-refractivity contribution in [2.24, 2.45) is 5.41 Å². The average Bonchev–Trinajstić information content (AvgIpc) is 2.64. The Balaban J connectivity index is 1.57. The Morgan fingerprint density at radius 3 is 2.67 bits per heavy atom. The van der Waals surface area contributed by atoms with Gasteiger partial charge in [0.05, 0.1) is 10.3 Å². The summed E-state index contributed by atoms with van der Waals surface area (Å²) in [5.41, 5.74) is -0.236. The Morgan fingerprint density at radius 1 is 1.41 bits per heavy atom. The molecule has 1 aromatic carbocycles. The number of benzene rings is 1. The lowest BCUT2D eigenvalue weighted by atomic mass is 9.89. The van der Waals surface area contributed by atoms with Crippen LogP contribution in [-0.4, -0.2) is 51.3 Å². The number of hydrogen-bond donors (Lipinski definition) is 1. The zero-order valence-corrected chi connectivity index (χ0v) is 15.7. The molecule has 10 heteroatoms. The highest BCUT2D eigenvalue weighted by atomic mass is 32.2. The first kappa shape index (κ1) is 19.2. The van der Waals surface area contributed by atoms with Crippen LogP contribution < -0.4 is 5.32 Å². The molecule has 2 amide bonds. The molecule has 0 aliphatic carbocycles. The lowest BCUT2D eigenvalue weighted by Gasteiger charge is -2.53. The number of carbonyl (C=O) groups excluding carboxylic acids is 3. The highest BCUT2D eigenvalue weighted by Crippen LogP contribution is 2.42. The van der Waals surface area contributed by atoms with Crippen molar-refractivity contribution in [2.45, 2.75) is 31.9 Å². The molecule has 2 fully saturated rings. The van der Waals surface area contributed by atoms with Crippen molar-refractivity contribution in [3.05, 3.63) is 39.9 Å². The van der Waals surface area contributed by atoms with Crippen LogP contribution >= 0.6 is 11.8 Å². The molecule has 0 bridgehead atoms. The standard InChI is InChI=1S/C17H19N3O6S/c1-10(21)18-13-14(22)19-8-17(2,9-27-15(13)19)16(23)26-7-11-3-5-12(6-4-11)20(24)25/h3-6,13,15H,7-9H2,1-2H3,(H,18,21)/t13?,15-,17?/m1/s1. The zero-order valence-electron chi connectivity index (χ0n) is 14.8. The van der Waals surface area contributed by atoms with Gasteiger partial charge in [0.25, 0.3) is 5.69 Å². The molecule has 0 saturated carbocycles. The van der Waals surface area contributed by atoms with E-state index in [0.29, 0.717) is 11.3 Å². The molecular formula is C17H19N3O6S. The molecule has 0 spiro atoms. The number of esters is 1. The number of carbonyl (C=O) groups is 3. The molecule has 2 aliphatic heterocycles. The van der Waals surface area contributed by atoms with Gasteiger partial charge in [-0.05, 0) is 24.6 Å². The van der Waals surface area contributed by atoms with Crippen molar-refractivity contribution in [3.8, 4) is 0 Å². The monoisotopic (exact) mass is 393 g/mol. The molecule has 0 aromatic heterocycles. The van der Waals surface area contributed by atoms with Gasteiger partial charge in [0.2, 0.25) is 11.8 Å². The predicted octanol–water partition coefficient (Wildman–Crippen LogP) is 1.06. The summed E-state index contributed by atoms with van der Waals surface area (Å²) in [6.45, 7) is 3.35. The third-order valence-corrected chi connectivity index (χ3v) is 6.27. The lowest BCUT2D eigenvalue weighted by Crippen LogP contribution is -2.73. The topological polar surface area (TPSA) is 119 Å². The van der Waals surface area contributed by atoms with E-state index in [1.54, 1.807) is 11.8 Å². The van der Waals surface area contributed by atoms with E-state index in [1.807, 2.05) is 0 Å². The second-order valence-electron chi connectivity index (χ2n) is 6.91. The van der Waals surface area contributed by atoms with Crippen LogP contribution in [0.1, 0.15) is 19.4 Å². The van der Waals surface area contributed by atoms with E-state index in [0.717, 1.165) is 0 Å². The fraction of sp³-hybridized carbons (Fsp3) is 0.471. The van der Waals surface area contributed by atoms with Crippen LogP contribution in [0.15, 0.2) is 24.3 Å². The number of nitrogens with one attached hydrogen (secondary N) is 1. The summed E-state index contributed by atoms with van der Waals surface area (Å²) in [7, 11) is 0. The van der Waals surface area contributed by atoms with Crippen molar-refractivity contribution in [1.29, 1.82) is 0 Å². The molecule has 2 saturated heterocycles. The SMILES string of the molecule is CC(=O)NC1C(=O)N2CC(C)(C(=O)OCc3ccc([N+](=O)[O-])cc3)CS[C@H]12. The summed E-state index contributed by atoms with van der Waals surface area (Å²) in [4.78, 5) is 47.7. The minimum atomic E-state index is -0.848. The Bertz CT molecular complexity index is 798. The minimum absolute atomic E-state index is 0.00295. The van der Waals surface area contributed by atoms with Crippen LogP contribution in [-0.2, 0) is 25.7 Å². The van der Waals surface area contributed by atoms with E-state index in [1.165, 1.54) is 43.0 Å². The number of nitro benzene ring substituents is 1. The van der Waals surface area contributed by atoms with Crippen LogP contribution in [0.25, 0.3) is 0 Å². The number of β-lactam (4-membered cyclic amide) rings is 1. The first-order valence-electron chi connectivity index (χ1n) is 8.31. The number of amides is 2. The second-order valence-corrected chi connectivity index (χ2v) is 8.01. The summed E-state index contributed by atoms with van der Waals surface area (Å²) in [5.74, 6) is -0.416. The molecule has 3 atom stereocenters. The van der Waals surface area contributed by atoms with Crippen molar-refractivity contribution in [2.75, 3.05) is 12.3 Å². The molecule has 1 N–H and O–H groups in total. The molecule has 2 aliphatic rings.